The minimum absolute atomic E-state index is 0.0699. The molecule has 3 atom stereocenters. The first-order valence-corrected chi connectivity index (χ1v) is 12.4. The number of imidazole rings is 1. The Morgan fingerprint density at radius 2 is 1.68 bits per heavy atom. The van der Waals surface area contributed by atoms with Gasteiger partial charge in [-0.2, -0.15) is 0 Å². The zero-order valence-electron chi connectivity index (χ0n) is 17.7. The van der Waals surface area contributed by atoms with Gasteiger partial charge in [-0.25, -0.2) is 13.4 Å². The number of hydrogen-bond donors (Lipinski definition) is 1. The van der Waals surface area contributed by atoms with Crippen molar-refractivity contribution in [1.29, 1.82) is 0 Å². The van der Waals surface area contributed by atoms with Gasteiger partial charge < -0.3 is 9.88 Å². The van der Waals surface area contributed by atoms with E-state index in [0.29, 0.717) is 5.92 Å². The zero-order chi connectivity index (χ0) is 20.5. The van der Waals surface area contributed by atoms with Crippen LogP contribution in [0.1, 0.15) is 89.1 Å². The summed E-state index contributed by atoms with van der Waals surface area (Å²) in [6, 6.07) is 0.230. The summed E-state index contributed by atoms with van der Waals surface area (Å²) >= 11 is 0. The number of hydrogen-bond acceptors (Lipinski definition) is 4. The molecule has 0 radical (unpaired) electrons. The summed E-state index contributed by atoms with van der Waals surface area (Å²) < 4.78 is 28.7. The summed E-state index contributed by atoms with van der Waals surface area (Å²) in [6.45, 7) is 7.42. The molecule has 1 heterocycles. The normalized spacial score (nSPS) is 25.4. The molecule has 28 heavy (non-hydrogen) atoms. The second-order valence-corrected chi connectivity index (χ2v) is 11.0. The number of carbonyl (C=O) groups is 1. The number of aryl methyl sites for hydroxylation is 1. The van der Waals surface area contributed by atoms with Gasteiger partial charge in [0.1, 0.15) is 5.25 Å². The summed E-state index contributed by atoms with van der Waals surface area (Å²) in [7, 11) is -3.85. The maximum atomic E-state index is 13.4. The first-order chi connectivity index (χ1) is 13.2. The van der Waals surface area contributed by atoms with E-state index >= 15 is 0 Å². The average molecular weight is 410 g/mol. The molecule has 0 bridgehead atoms. The molecule has 1 aromatic heterocycles. The molecule has 0 spiro atoms. The maximum Gasteiger partial charge on any atom is 0.238 e. The van der Waals surface area contributed by atoms with Crippen LogP contribution in [0.4, 0.5) is 0 Å². The molecule has 7 heteroatoms. The van der Waals surface area contributed by atoms with Crippen LogP contribution < -0.4 is 5.32 Å². The standard InChI is InChI=1S/C21H35N3O3S/c1-14-10-8-9-13-19(14)23-20(25)17(4)28(26,27)21-22-15(2)16(3)24(21)18-11-6-5-7-12-18/h14,17-19H,5-13H2,1-4H3,(H,23,25). The Kier molecular flexibility index (Phi) is 6.52. The molecule has 1 aromatic rings. The summed E-state index contributed by atoms with van der Waals surface area (Å²) in [4.78, 5) is 17.2. The Morgan fingerprint density at radius 3 is 2.32 bits per heavy atom. The van der Waals surface area contributed by atoms with Crippen molar-refractivity contribution in [2.24, 2.45) is 5.92 Å². The van der Waals surface area contributed by atoms with E-state index in [1.807, 2.05) is 18.4 Å². The van der Waals surface area contributed by atoms with Crippen LogP contribution in [0.15, 0.2) is 5.16 Å². The van der Waals surface area contributed by atoms with Crippen molar-refractivity contribution < 1.29 is 13.2 Å². The van der Waals surface area contributed by atoms with E-state index in [2.05, 4.69) is 17.2 Å². The Morgan fingerprint density at radius 1 is 1.07 bits per heavy atom. The van der Waals surface area contributed by atoms with Crippen molar-refractivity contribution in [2.75, 3.05) is 0 Å². The van der Waals surface area contributed by atoms with Crippen molar-refractivity contribution >= 4 is 15.7 Å². The third kappa shape index (κ3) is 4.14. The Bertz CT molecular complexity index is 809. The van der Waals surface area contributed by atoms with Crippen molar-refractivity contribution in [2.45, 2.75) is 108 Å². The van der Waals surface area contributed by atoms with Crippen molar-refractivity contribution in [3.05, 3.63) is 11.4 Å². The second-order valence-electron chi connectivity index (χ2n) is 8.79. The van der Waals surface area contributed by atoms with Crippen LogP contribution in [-0.2, 0) is 14.6 Å². The molecule has 0 aliphatic heterocycles. The number of carbonyl (C=O) groups excluding carboxylic acids is 1. The minimum Gasteiger partial charge on any atom is -0.352 e. The first-order valence-electron chi connectivity index (χ1n) is 10.8. The molecular weight excluding hydrogens is 374 g/mol. The van der Waals surface area contributed by atoms with Gasteiger partial charge in [0, 0.05) is 17.8 Å². The highest BCUT2D eigenvalue weighted by atomic mass is 32.2. The monoisotopic (exact) mass is 409 g/mol. The molecule has 158 valence electrons. The fourth-order valence-electron chi connectivity index (χ4n) is 4.70. The van der Waals surface area contributed by atoms with E-state index in [4.69, 9.17) is 0 Å². The molecule has 3 unspecified atom stereocenters. The van der Waals surface area contributed by atoms with Gasteiger partial charge in [0.25, 0.3) is 0 Å². The second kappa shape index (κ2) is 8.56. The van der Waals surface area contributed by atoms with Gasteiger partial charge in [0.2, 0.25) is 20.9 Å². The molecule has 2 aliphatic carbocycles. The molecule has 0 saturated heterocycles. The van der Waals surface area contributed by atoms with Crippen molar-refractivity contribution in [3.63, 3.8) is 0 Å². The highest BCUT2D eigenvalue weighted by molar-refractivity contribution is 7.92. The fraction of sp³-hybridized carbons (Fsp3) is 0.810. The predicted octanol–water partition coefficient (Wildman–Crippen LogP) is 3.86. The van der Waals surface area contributed by atoms with Crippen LogP contribution in [0.2, 0.25) is 0 Å². The summed E-state index contributed by atoms with van der Waals surface area (Å²) in [5.74, 6) is -0.00596. The van der Waals surface area contributed by atoms with Gasteiger partial charge in [0.15, 0.2) is 0 Å². The van der Waals surface area contributed by atoms with Gasteiger partial charge in [0.05, 0.1) is 5.69 Å². The van der Waals surface area contributed by atoms with E-state index in [1.54, 1.807) is 0 Å². The number of aromatic nitrogens is 2. The number of amides is 1. The predicted molar refractivity (Wildman–Crippen MR) is 110 cm³/mol. The number of sulfone groups is 1. The Hall–Kier alpha value is -1.37. The van der Waals surface area contributed by atoms with Gasteiger partial charge in [-0.15, -0.1) is 0 Å². The summed E-state index contributed by atoms with van der Waals surface area (Å²) in [6.07, 6.45) is 9.63. The van der Waals surface area contributed by atoms with Gasteiger partial charge in [-0.3, -0.25) is 4.79 Å². The summed E-state index contributed by atoms with van der Waals surface area (Å²) in [5, 5.41) is 1.95. The molecule has 0 aromatic carbocycles. The molecule has 2 aliphatic rings. The number of nitrogens with one attached hydrogen (secondary N) is 1. The van der Waals surface area contributed by atoms with E-state index in [-0.39, 0.29) is 17.2 Å². The third-order valence-corrected chi connectivity index (χ3v) is 8.76. The highest BCUT2D eigenvalue weighted by Gasteiger charge is 2.37. The average Bonchev–Trinajstić information content (AvgIpc) is 2.99. The topological polar surface area (TPSA) is 81.1 Å². The number of rotatable bonds is 5. The largest absolute Gasteiger partial charge is 0.352 e. The lowest BCUT2D eigenvalue weighted by molar-refractivity contribution is -0.121. The molecule has 2 fully saturated rings. The van der Waals surface area contributed by atoms with E-state index in [1.165, 1.54) is 19.8 Å². The van der Waals surface area contributed by atoms with E-state index < -0.39 is 21.0 Å². The van der Waals surface area contributed by atoms with Crippen LogP contribution in [0.25, 0.3) is 0 Å². The highest BCUT2D eigenvalue weighted by Crippen LogP contribution is 2.33. The van der Waals surface area contributed by atoms with Gasteiger partial charge >= 0.3 is 0 Å². The lowest BCUT2D eigenvalue weighted by atomic mass is 9.86. The van der Waals surface area contributed by atoms with E-state index in [0.717, 1.165) is 56.3 Å². The SMILES string of the molecule is Cc1nc(S(=O)(=O)C(C)C(=O)NC2CCCCC2C)n(C2CCCCC2)c1C. The molecule has 3 rings (SSSR count). The van der Waals surface area contributed by atoms with Crippen LogP contribution in [-0.4, -0.2) is 35.2 Å². The van der Waals surface area contributed by atoms with Crippen LogP contribution in [0.5, 0.6) is 0 Å². The minimum atomic E-state index is -3.85. The maximum absolute atomic E-state index is 13.4. The van der Waals surface area contributed by atoms with Crippen molar-refractivity contribution in [3.8, 4) is 0 Å². The molecule has 6 nitrogen and oxygen atoms in total. The quantitative estimate of drug-likeness (QED) is 0.801. The van der Waals surface area contributed by atoms with Crippen LogP contribution in [0, 0.1) is 19.8 Å². The first kappa shape index (κ1) is 21.3. The van der Waals surface area contributed by atoms with Crippen LogP contribution in [0.3, 0.4) is 0 Å². The Balaban J connectivity index is 1.85. The van der Waals surface area contributed by atoms with Crippen molar-refractivity contribution in [1.82, 2.24) is 14.9 Å². The zero-order valence-corrected chi connectivity index (χ0v) is 18.5. The van der Waals surface area contributed by atoms with Crippen LogP contribution >= 0.6 is 0 Å². The third-order valence-electron chi connectivity index (χ3n) is 6.82. The molecule has 1 amide bonds. The molecule has 1 N–H and O–H groups in total. The van der Waals surface area contributed by atoms with Gasteiger partial charge in [-0.1, -0.05) is 39.0 Å². The lowest BCUT2D eigenvalue weighted by Crippen LogP contribution is -2.47. The smallest absolute Gasteiger partial charge is 0.238 e. The van der Waals surface area contributed by atoms with E-state index in [9.17, 15) is 13.2 Å². The number of nitrogens with zero attached hydrogens (tertiary/aromatic N) is 2. The molecule has 2 saturated carbocycles. The Labute approximate surface area is 169 Å². The lowest BCUT2D eigenvalue weighted by Gasteiger charge is -2.30. The van der Waals surface area contributed by atoms with Gasteiger partial charge in [-0.05, 0) is 52.4 Å². The molecular formula is C21H35N3O3S. The summed E-state index contributed by atoms with van der Waals surface area (Å²) in [5.41, 5.74) is 1.64. The fourth-order valence-corrected chi connectivity index (χ4v) is 6.19.